The minimum Gasteiger partial charge on any atom is -0.504 e. The number of carbonyl (C=O) groups is 3. The highest BCUT2D eigenvalue weighted by molar-refractivity contribution is 7.09. The Balaban J connectivity index is 1.88. The van der Waals surface area contributed by atoms with E-state index in [4.69, 9.17) is 16.2 Å². The number of halogens is 1. The molecule has 1 unspecified atom stereocenters. The summed E-state index contributed by atoms with van der Waals surface area (Å²) in [7, 11) is 1.36. The highest BCUT2D eigenvalue weighted by Gasteiger charge is 2.37. The van der Waals surface area contributed by atoms with E-state index in [1.807, 2.05) is 0 Å². The number of ether oxygens (including phenoxy) is 1. The van der Waals surface area contributed by atoms with Gasteiger partial charge in [-0.15, -0.1) is 0 Å². The smallest absolute Gasteiger partial charge is 0.273 e. The molecular weight excluding hydrogens is 501 g/mol. The van der Waals surface area contributed by atoms with Crippen LogP contribution in [0.25, 0.3) is 0 Å². The Morgan fingerprint density at radius 1 is 1.19 bits per heavy atom. The molecular formula is C25H26FN5O5S. The first-order chi connectivity index (χ1) is 17.7. The number of primary amides is 1. The fourth-order valence-corrected chi connectivity index (χ4v) is 5.10. The Hall–Kier alpha value is -4.19. The van der Waals surface area contributed by atoms with Gasteiger partial charge in [-0.25, -0.2) is 4.39 Å². The van der Waals surface area contributed by atoms with Crippen LogP contribution in [0.2, 0.25) is 0 Å². The van der Waals surface area contributed by atoms with Gasteiger partial charge in [0.15, 0.2) is 17.2 Å². The molecule has 0 spiro atoms. The van der Waals surface area contributed by atoms with E-state index in [-0.39, 0.29) is 39.5 Å². The molecule has 0 bridgehead atoms. The van der Waals surface area contributed by atoms with Gasteiger partial charge in [0.1, 0.15) is 16.7 Å². The molecule has 1 aliphatic carbocycles. The molecule has 0 saturated heterocycles. The molecule has 1 atom stereocenters. The van der Waals surface area contributed by atoms with Crippen LogP contribution in [0.15, 0.2) is 42.5 Å². The van der Waals surface area contributed by atoms with Crippen molar-refractivity contribution >= 4 is 40.6 Å². The van der Waals surface area contributed by atoms with Crippen LogP contribution in [0, 0.1) is 5.82 Å². The zero-order valence-electron chi connectivity index (χ0n) is 19.9. The van der Waals surface area contributed by atoms with Gasteiger partial charge in [-0.1, -0.05) is 18.9 Å². The molecule has 12 heteroatoms. The third kappa shape index (κ3) is 5.33. The predicted octanol–water partition coefficient (Wildman–Crippen LogP) is 3.12. The second kappa shape index (κ2) is 10.8. The molecule has 194 valence electrons. The van der Waals surface area contributed by atoms with Crippen LogP contribution in [-0.4, -0.2) is 40.4 Å². The molecule has 2 aromatic carbocycles. The first kappa shape index (κ1) is 25.9. The average molecular weight is 528 g/mol. The Kier molecular flexibility index (Phi) is 7.58. The molecule has 3 aromatic rings. The van der Waals surface area contributed by atoms with Crippen molar-refractivity contribution in [1.29, 1.82) is 0 Å². The van der Waals surface area contributed by atoms with Gasteiger partial charge in [0.25, 0.3) is 11.8 Å². The summed E-state index contributed by atoms with van der Waals surface area (Å²) in [6.45, 7) is 0. The number of carbonyl (C=O) groups excluding carboxylic acids is 3. The number of phenolic OH excluding ortho intramolecular Hbond substituents is 1. The maximum Gasteiger partial charge on any atom is 0.273 e. The van der Waals surface area contributed by atoms with Crippen LogP contribution in [0.5, 0.6) is 11.5 Å². The van der Waals surface area contributed by atoms with E-state index < -0.39 is 29.6 Å². The monoisotopic (exact) mass is 527 g/mol. The van der Waals surface area contributed by atoms with Gasteiger partial charge in [0.2, 0.25) is 5.91 Å². The summed E-state index contributed by atoms with van der Waals surface area (Å²) in [4.78, 5) is 40.5. The number of nitrogens with one attached hydrogen (secondary N) is 1. The molecule has 4 rings (SSSR count). The van der Waals surface area contributed by atoms with Crippen molar-refractivity contribution in [3.05, 3.63) is 64.4 Å². The highest BCUT2D eigenvalue weighted by atomic mass is 32.1. The average Bonchev–Trinajstić information content (AvgIpc) is 3.53. The van der Waals surface area contributed by atoms with Crippen molar-refractivity contribution in [3.63, 3.8) is 0 Å². The van der Waals surface area contributed by atoms with E-state index in [1.165, 1.54) is 37.4 Å². The van der Waals surface area contributed by atoms with Gasteiger partial charge in [-0.05, 0) is 66.3 Å². The highest BCUT2D eigenvalue weighted by Crippen LogP contribution is 2.36. The number of benzene rings is 2. The number of methoxy groups -OCH3 is 1. The van der Waals surface area contributed by atoms with Crippen LogP contribution in [-0.2, 0) is 4.79 Å². The van der Waals surface area contributed by atoms with Crippen molar-refractivity contribution < 1.29 is 28.6 Å². The lowest BCUT2D eigenvalue weighted by atomic mass is 10.0. The zero-order valence-corrected chi connectivity index (χ0v) is 20.8. The number of nitrogens with zero attached hydrogens (tertiary/aromatic N) is 2. The largest absolute Gasteiger partial charge is 0.504 e. The number of hydrogen-bond donors (Lipinski definition) is 4. The predicted molar refractivity (Wildman–Crippen MR) is 136 cm³/mol. The standard InChI is InChI=1S/C25H26FN5O5S/c1-36-18-12-13(6-11-17(18)32)21(24(34)29-15-4-2-3-5-15)31(16-9-7-14(26)8-10-16)25(35)22-19(27)20(23(28)33)30-37-22/h6-12,15,21,32H,2-5,27H2,1H3,(H2,28,33)(H,29,34). The number of rotatable bonds is 8. The number of hydrogen-bond acceptors (Lipinski definition) is 8. The molecule has 6 N–H and O–H groups in total. The minimum absolute atomic E-state index is 0.0749. The lowest BCUT2D eigenvalue weighted by Crippen LogP contribution is -2.46. The second-order valence-corrected chi connectivity index (χ2v) is 9.39. The van der Waals surface area contributed by atoms with Gasteiger partial charge in [0.05, 0.1) is 12.8 Å². The topological polar surface area (TPSA) is 161 Å². The van der Waals surface area contributed by atoms with Crippen LogP contribution < -0.4 is 26.4 Å². The molecule has 37 heavy (non-hydrogen) atoms. The van der Waals surface area contributed by atoms with E-state index >= 15 is 0 Å². The molecule has 1 saturated carbocycles. The molecule has 1 heterocycles. The van der Waals surface area contributed by atoms with E-state index in [0.717, 1.165) is 42.7 Å². The van der Waals surface area contributed by atoms with Crippen LogP contribution >= 0.6 is 11.5 Å². The molecule has 1 fully saturated rings. The summed E-state index contributed by atoms with van der Waals surface area (Å²) in [6, 6.07) is 7.96. The summed E-state index contributed by atoms with van der Waals surface area (Å²) in [5, 5.41) is 13.1. The normalized spacial score (nSPS) is 14.2. The Morgan fingerprint density at radius 2 is 1.86 bits per heavy atom. The van der Waals surface area contributed by atoms with E-state index in [0.29, 0.717) is 17.1 Å². The van der Waals surface area contributed by atoms with Crippen LogP contribution in [0.4, 0.5) is 15.8 Å². The molecule has 3 amide bonds. The van der Waals surface area contributed by atoms with Crippen molar-refractivity contribution in [3.8, 4) is 11.5 Å². The van der Waals surface area contributed by atoms with Crippen molar-refractivity contribution in [2.24, 2.45) is 5.73 Å². The van der Waals surface area contributed by atoms with E-state index in [2.05, 4.69) is 9.69 Å². The molecule has 0 aliphatic heterocycles. The number of anilines is 2. The van der Waals surface area contributed by atoms with E-state index in [9.17, 15) is 23.9 Å². The lowest BCUT2D eigenvalue weighted by Gasteiger charge is -2.32. The summed E-state index contributed by atoms with van der Waals surface area (Å²) >= 11 is 0.669. The second-order valence-electron chi connectivity index (χ2n) is 8.61. The SMILES string of the molecule is COc1cc(C(C(=O)NC2CCCC2)N(C(=O)c2snc(C(N)=O)c2N)c2ccc(F)cc2)ccc1O. The molecule has 1 aromatic heterocycles. The molecule has 10 nitrogen and oxygen atoms in total. The maximum absolute atomic E-state index is 14.0. The third-order valence-corrected chi connectivity index (χ3v) is 7.06. The first-order valence-electron chi connectivity index (χ1n) is 11.5. The first-order valence-corrected chi connectivity index (χ1v) is 12.3. The number of nitrogens with two attached hydrogens (primary N) is 2. The summed E-state index contributed by atoms with van der Waals surface area (Å²) in [5.41, 5.74) is 11.4. The quantitative estimate of drug-likeness (QED) is 0.350. The maximum atomic E-state index is 14.0. The van der Waals surface area contributed by atoms with Crippen LogP contribution in [0.3, 0.4) is 0 Å². The van der Waals surface area contributed by atoms with Gasteiger partial charge < -0.3 is 26.6 Å². The van der Waals surface area contributed by atoms with Crippen molar-refractivity contribution in [1.82, 2.24) is 9.69 Å². The number of nitrogen functional groups attached to an aromatic ring is 1. The van der Waals surface area contributed by atoms with Gasteiger partial charge in [-0.2, -0.15) is 4.37 Å². The van der Waals surface area contributed by atoms with E-state index in [1.54, 1.807) is 0 Å². The van der Waals surface area contributed by atoms with Crippen molar-refractivity contribution in [2.75, 3.05) is 17.7 Å². The fourth-order valence-electron chi connectivity index (χ4n) is 4.36. The number of phenols is 1. The Labute approximate surface area is 216 Å². The zero-order chi connectivity index (χ0) is 26.7. The lowest BCUT2D eigenvalue weighted by molar-refractivity contribution is -0.123. The number of amides is 3. The third-order valence-electron chi connectivity index (χ3n) is 6.21. The summed E-state index contributed by atoms with van der Waals surface area (Å²) < 4.78 is 23.0. The van der Waals surface area contributed by atoms with Crippen LogP contribution in [0.1, 0.15) is 57.4 Å². The number of aromatic nitrogens is 1. The molecule has 1 aliphatic rings. The summed E-state index contributed by atoms with van der Waals surface area (Å²) in [6.07, 6.45) is 3.53. The minimum atomic E-state index is -1.27. The van der Waals surface area contributed by atoms with Gasteiger partial charge in [-0.3, -0.25) is 19.3 Å². The van der Waals surface area contributed by atoms with Crippen molar-refractivity contribution in [2.45, 2.75) is 37.8 Å². The molecule has 0 radical (unpaired) electrons. The summed E-state index contributed by atoms with van der Waals surface area (Å²) in [5.74, 6) is -2.74. The van der Waals surface area contributed by atoms with Gasteiger partial charge >= 0.3 is 0 Å². The van der Waals surface area contributed by atoms with Gasteiger partial charge in [0, 0.05) is 11.7 Å². The fraction of sp³-hybridized carbons (Fsp3) is 0.280. The number of aromatic hydroxyl groups is 1. The Morgan fingerprint density at radius 3 is 2.46 bits per heavy atom. The Bertz CT molecular complexity index is 1320.